The van der Waals surface area contributed by atoms with Gasteiger partial charge in [0.15, 0.2) is 0 Å². The highest BCUT2D eigenvalue weighted by Crippen LogP contribution is 2.30. The van der Waals surface area contributed by atoms with E-state index in [0.29, 0.717) is 31.0 Å². The van der Waals surface area contributed by atoms with Crippen LogP contribution in [0.25, 0.3) is 0 Å². The lowest BCUT2D eigenvalue weighted by molar-refractivity contribution is 0.0220. The Bertz CT molecular complexity index is 1400. The summed E-state index contributed by atoms with van der Waals surface area (Å²) in [4.78, 5) is 39.3. The first-order chi connectivity index (χ1) is 18.9. The van der Waals surface area contributed by atoms with Crippen LogP contribution < -0.4 is 4.90 Å². The van der Waals surface area contributed by atoms with Gasteiger partial charge in [0.25, 0.3) is 0 Å². The molecule has 0 bridgehead atoms. The highest BCUT2D eigenvalue weighted by molar-refractivity contribution is 7.90. The highest BCUT2D eigenvalue weighted by atomic mass is 32.2. The zero-order valence-corrected chi connectivity index (χ0v) is 24.0. The van der Waals surface area contributed by atoms with Crippen molar-refractivity contribution in [1.82, 2.24) is 19.8 Å². The lowest BCUT2D eigenvalue weighted by Gasteiger charge is -2.41. The van der Waals surface area contributed by atoms with Crippen molar-refractivity contribution in [2.45, 2.75) is 63.6 Å². The van der Waals surface area contributed by atoms with Gasteiger partial charge in [0.1, 0.15) is 18.0 Å². The zero-order chi connectivity index (χ0) is 29.1. The third-order valence-electron chi connectivity index (χ3n) is 6.55. The van der Waals surface area contributed by atoms with Crippen LogP contribution in [0.15, 0.2) is 35.5 Å². The summed E-state index contributed by atoms with van der Waals surface area (Å²) in [7, 11) is -3.77. The SMILES string of the molecule is CC(C)(C)OC(=O)N1CCc2c(nc(S(C)(=O)=O)nc2N2CCN(C(=O)OCc3ccccc3)[C@@H](CC#N)C2)C1. The number of aromatic nitrogens is 2. The number of hydrogen-bond donors (Lipinski definition) is 0. The van der Waals surface area contributed by atoms with Crippen LogP contribution in [-0.4, -0.2) is 84.4 Å². The van der Waals surface area contributed by atoms with E-state index in [1.807, 2.05) is 35.2 Å². The molecule has 214 valence electrons. The van der Waals surface area contributed by atoms with Gasteiger partial charge in [-0.05, 0) is 32.8 Å². The third-order valence-corrected chi connectivity index (χ3v) is 7.40. The number of nitriles is 1. The molecule has 1 saturated heterocycles. The molecule has 13 heteroatoms. The molecule has 40 heavy (non-hydrogen) atoms. The van der Waals surface area contributed by atoms with E-state index in [9.17, 15) is 23.3 Å². The van der Waals surface area contributed by atoms with Gasteiger partial charge < -0.3 is 24.2 Å². The third kappa shape index (κ3) is 6.98. The van der Waals surface area contributed by atoms with Gasteiger partial charge in [0.2, 0.25) is 15.0 Å². The van der Waals surface area contributed by atoms with Crippen molar-refractivity contribution >= 4 is 27.8 Å². The number of ether oxygens (including phenoxy) is 2. The minimum Gasteiger partial charge on any atom is -0.445 e. The minimum absolute atomic E-state index is 0.0650. The van der Waals surface area contributed by atoms with Crippen LogP contribution in [0, 0.1) is 11.3 Å². The second kappa shape index (κ2) is 11.7. The zero-order valence-electron chi connectivity index (χ0n) is 23.2. The van der Waals surface area contributed by atoms with E-state index in [1.165, 1.54) is 9.80 Å². The second-order valence-electron chi connectivity index (χ2n) is 10.9. The quantitative estimate of drug-likeness (QED) is 0.492. The first kappa shape index (κ1) is 29.1. The van der Waals surface area contributed by atoms with Crippen LogP contribution in [0.5, 0.6) is 0 Å². The first-order valence-electron chi connectivity index (χ1n) is 13.0. The van der Waals surface area contributed by atoms with Crippen LogP contribution in [0.1, 0.15) is 44.0 Å². The summed E-state index contributed by atoms with van der Waals surface area (Å²) < 4.78 is 36.0. The summed E-state index contributed by atoms with van der Waals surface area (Å²) in [5.74, 6) is 0.439. The lowest BCUT2D eigenvalue weighted by Crippen LogP contribution is -2.56. The molecule has 12 nitrogen and oxygen atoms in total. The normalized spacial score (nSPS) is 17.6. The largest absolute Gasteiger partial charge is 0.445 e. The summed E-state index contributed by atoms with van der Waals surface area (Å²) in [5, 5.41) is 9.15. The number of rotatable bonds is 5. The fourth-order valence-corrected chi connectivity index (χ4v) is 5.20. The number of carbonyl (C=O) groups excluding carboxylic acids is 2. The van der Waals surface area contributed by atoms with Crippen molar-refractivity contribution < 1.29 is 27.5 Å². The van der Waals surface area contributed by atoms with Gasteiger partial charge in [-0.3, -0.25) is 0 Å². The van der Waals surface area contributed by atoms with E-state index >= 15 is 0 Å². The van der Waals surface area contributed by atoms with Crippen LogP contribution in [0.3, 0.4) is 0 Å². The highest BCUT2D eigenvalue weighted by Gasteiger charge is 2.36. The number of carbonyl (C=O) groups is 2. The Kier molecular flexibility index (Phi) is 8.48. The molecule has 2 amide bonds. The number of amides is 2. The number of sulfone groups is 1. The molecule has 0 radical (unpaired) electrons. The van der Waals surface area contributed by atoms with Gasteiger partial charge in [-0.15, -0.1) is 0 Å². The van der Waals surface area contributed by atoms with Gasteiger partial charge in [0.05, 0.1) is 30.8 Å². The van der Waals surface area contributed by atoms with E-state index in [0.717, 1.165) is 17.4 Å². The van der Waals surface area contributed by atoms with E-state index in [4.69, 9.17) is 9.47 Å². The summed E-state index contributed by atoms with van der Waals surface area (Å²) in [6.45, 7) is 6.75. The van der Waals surface area contributed by atoms with Crippen LogP contribution in [0.4, 0.5) is 15.4 Å². The summed E-state index contributed by atoms with van der Waals surface area (Å²) in [5.41, 5.74) is 1.35. The monoisotopic (exact) mass is 570 g/mol. The van der Waals surface area contributed by atoms with Gasteiger partial charge >= 0.3 is 12.2 Å². The van der Waals surface area contributed by atoms with Crippen LogP contribution in [-0.2, 0) is 38.9 Å². The number of fused-ring (bicyclic) bond motifs is 1. The standard InChI is InChI=1S/C27H34N6O6S/c1-27(2,3)39-25(34)32-13-11-21-22(17-32)29-24(40(4,36)37)30-23(21)31-14-15-33(20(16-31)10-12-28)26(35)38-18-19-8-6-5-7-9-19/h5-9,20H,10-11,13-18H2,1-4H3/t20-/m0/s1. The Morgan fingerprint density at radius 2 is 1.82 bits per heavy atom. The Morgan fingerprint density at radius 3 is 2.48 bits per heavy atom. The molecule has 1 aromatic heterocycles. The molecule has 0 N–H and O–H groups in total. The Hall–Kier alpha value is -3.92. The average molecular weight is 571 g/mol. The molecule has 0 spiro atoms. The molecular formula is C27H34N6O6S. The Labute approximate surface area is 234 Å². The fourth-order valence-electron chi connectivity index (χ4n) is 4.67. The average Bonchev–Trinajstić information content (AvgIpc) is 2.90. The van der Waals surface area contributed by atoms with Crippen molar-refractivity contribution in [2.75, 3.05) is 37.3 Å². The molecule has 4 rings (SSSR count). The molecule has 0 saturated carbocycles. The number of nitrogens with zero attached hydrogens (tertiary/aromatic N) is 6. The fraction of sp³-hybridized carbons (Fsp3) is 0.519. The maximum atomic E-state index is 12.9. The molecular weight excluding hydrogens is 536 g/mol. The molecule has 3 heterocycles. The number of anilines is 1. The van der Waals surface area contributed by atoms with Crippen molar-refractivity contribution in [3.8, 4) is 6.07 Å². The van der Waals surface area contributed by atoms with Gasteiger partial charge in [-0.2, -0.15) is 5.26 Å². The lowest BCUT2D eigenvalue weighted by atomic mass is 10.0. The molecule has 0 aliphatic carbocycles. The molecule has 0 unspecified atom stereocenters. The summed E-state index contributed by atoms with van der Waals surface area (Å²) in [6.07, 6.45) is 0.479. The summed E-state index contributed by atoms with van der Waals surface area (Å²) in [6, 6.07) is 11.0. The maximum absolute atomic E-state index is 12.9. The maximum Gasteiger partial charge on any atom is 0.410 e. The van der Waals surface area contributed by atoms with E-state index in [-0.39, 0.29) is 37.8 Å². The Balaban J connectivity index is 1.57. The summed E-state index contributed by atoms with van der Waals surface area (Å²) >= 11 is 0. The topological polar surface area (TPSA) is 146 Å². The molecule has 2 aliphatic heterocycles. The number of piperazine rings is 1. The molecule has 1 aromatic carbocycles. The van der Waals surface area contributed by atoms with Gasteiger partial charge in [0, 0.05) is 38.0 Å². The predicted molar refractivity (Wildman–Crippen MR) is 145 cm³/mol. The smallest absolute Gasteiger partial charge is 0.410 e. The van der Waals surface area contributed by atoms with Crippen LogP contribution >= 0.6 is 0 Å². The second-order valence-corrected chi connectivity index (χ2v) is 12.8. The predicted octanol–water partition coefficient (Wildman–Crippen LogP) is 2.91. The molecule has 1 atom stereocenters. The molecule has 2 aliphatic rings. The van der Waals surface area contributed by atoms with Crippen molar-refractivity contribution in [3.63, 3.8) is 0 Å². The van der Waals surface area contributed by atoms with Crippen molar-refractivity contribution in [1.29, 1.82) is 5.26 Å². The van der Waals surface area contributed by atoms with Crippen molar-refractivity contribution in [2.24, 2.45) is 0 Å². The van der Waals surface area contributed by atoms with Gasteiger partial charge in [-0.25, -0.2) is 28.0 Å². The molecule has 1 fully saturated rings. The Morgan fingerprint density at radius 1 is 1.10 bits per heavy atom. The number of benzene rings is 1. The van der Waals surface area contributed by atoms with E-state index in [2.05, 4.69) is 16.0 Å². The van der Waals surface area contributed by atoms with E-state index in [1.54, 1.807) is 20.8 Å². The van der Waals surface area contributed by atoms with Gasteiger partial charge in [-0.1, -0.05) is 30.3 Å². The number of hydrogen-bond acceptors (Lipinski definition) is 10. The van der Waals surface area contributed by atoms with Crippen LogP contribution in [0.2, 0.25) is 0 Å². The minimum atomic E-state index is -3.77. The first-order valence-corrected chi connectivity index (χ1v) is 14.9. The molecule has 2 aromatic rings. The van der Waals surface area contributed by atoms with E-state index < -0.39 is 33.7 Å². The van der Waals surface area contributed by atoms with Crippen molar-refractivity contribution in [3.05, 3.63) is 47.2 Å².